The molecule has 2 aromatic rings. The standard InChI is InChI=1S/C18H16F2N2O5S/c19-13-2-4-17(14(20)10-13)28(24,25)22-7-5-21(6-8-22)18(23)12-1-3-15-16(9-12)27-11-26-15/h1-4,9-10H,5-8,11H2. The van der Waals surface area contributed by atoms with Crippen molar-refractivity contribution >= 4 is 15.9 Å². The third-order valence-electron chi connectivity index (χ3n) is 4.66. The van der Waals surface area contributed by atoms with Gasteiger partial charge < -0.3 is 14.4 Å². The fourth-order valence-electron chi connectivity index (χ4n) is 3.17. The van der Waals surface area contributed by atoms with Gasteiger partial charge >= 0.3 is 0 Å². The van der Waals surface area contributed by atoms with Gasteiger partial charge in [0.2, 0.25) is 16.8 Å². The molecule has 1 amide bonds. The first-order chi connectivity index (χ1) is 13.4. The molecule has 1 saturated heterocycles. The van der Waals surface area contributed by atoms with Crippen molar-refractivity contribution in [3.05, 3.63) is 53.6 Å². The Labute approximate surface area is 160 Å². The van der Waals surface area contributed by atoms with Gasteiger partial charge in [-0.2, -0.15) is 4.31 Å². The molecule has 4 rings (SSSR count). The molecule has 0 N–H and O–H groups in total. The lowest BCUT2D eigenvalue weighted by Gasteiger charge is -2.34. The van der Waals surface area contributed by atoms with Crippen LogP contribution in [0.2, 0.25) is 0 Å². The fourth-order valence-corrected chi connectivity index (χ4v) is 4.63. The first-order valence-electron chi connectivity index (χ1n) is 8.50. The van der Waals surface area contributed by atoms with Gasteiger partial charge in [-0.1, -0.05) is 0 Å². The molecular formula is C18H16F2N2O5S. The van der Waals surface area contributed by atoms with Crippen molar-refractivity contribution in [2.75, 3.05) is 33.0 Å². The highest BCUT2D eigenvalue weighted by molar-refractivity contribution is 7.89. The van der Waals surface area contributed by atoms with Crippen LogP contribution in [0.3, 0.4) is 0 Å². The van der Waals surface area contributed by atoms with E-state index in [9.17, 15) is 22.0 Å². The van der Waals surface area contributed by atoms with Crippen LogP contribution in [-0.4, -0.2) is 56.5 Å². The Kier molecular flexibility index (Phi) is 4.68. The Morgan fingerprint density at radius 2 is 1.64 bits per heavy atom. The van der Waals surface area contributed by atoms with Crippen LogP contribution >= 0.6 is 0 Å². The van der Waals surface area contributed by atoms with Crippen molar-refractivity contribution in [3.63, 3.8) is 0 Å². The molecule has 28 heavy (non-hydrogen) atoms. The van der Waals surface area contributed by atoms with Crippen LogP contribution in [0.1, 0.15) is 10.4 Å². The maximum Gasteiger partial charge on any atom is 0.254 e. The van der Waals surface area contributed by atoms with Gasteiger partial charge in [-0.25, -0.2) is 17.2 Å². The molecule has 0 bridgehead atoms. The van der Waals surface area contributed by atoms with E-state index in [4.69, 9.17) is 9.47 Å². The lowest BCUT2D eigenvalue weighted by atomic mass is 10.1. The Balaban J connectivity index is 1.46. The molecular weight excluding hydrogens is 394 g/mol. The first-order valence-corrected chi connectivity index (χ1v) is 9.94. The average Bonchev–Trinajstić information content (AvgIpc) is 3.15. The van der Waals surface area contributed by atoms with Crippen molar-refractivity contribution in [2.24, 2.45) is 0 Å². The summed E-state index contributed by atoms with van der Waals surface area (Å²) in [5.41, 5.74) is 0.408. The van der Waals surface area contributed by atoms with Crippen molar-refractivity contribution in [1.29, 1.82) is 0 Å². The minimum Gasteiger partial charge on any atom is -0.454 e. The van der Waals surface area contributed by atoms with Gasteiger partial charge in [-0.15, -0.1) is 0 Å². The zero-order valence-electron chi connectivity index (χ0n) is 14.6. The summed E-state index contributed by atoms with van der Waals surface area (Å²) in [4.78, 5) is 13.6. The van der Waals surface area contributed by atoms with Crippen LogP contribution in [0.15, 0.2) is 41.3 Å². The number of fused-ring (bicyclic) bond motifs is 1. The number of sulfonamides is 1. The molecule has 0 atom stereocenters. The van der Waals surface area contributed by atoms with E-state index < -0.39 is 26.6 Å². The summed E-state index contributed by atoms with van der Waals surface area (Å²) in [7, 11) is -4.11. The van der Waals surface area contributed by atoms with Crippen LogP contribution in [0.5, 0.6) is 11.5 Å². The van der Waals surface area contributed by atoms with Gasteiger partial charge in [-0.3, -0.25) is 4.79 Å². The van der Waals surface area contributed by atoms with Crippen LogP contribution in [0.25, 0.3) is 0 Å². The largest absolute Gasteiger partial charge is 0.454 e. The van der Waals surface area contributed by atoms with E-state index in [1.165, 1.54) is 4.90 Å². The topological polar surface area (TPSA) is 76.2 Å². The van der Waals surface area contributed by atoms with Crippen molar-refractivity contribution in [1.82, 2.24) is 9.21 Å². The molecule has 0 saturated carbocycles. The minimum absolute atomic E-state index is 0.00937. The molecule has 148 valence electrons. The molecule has 1 fully saturated rings. The SMILES string of the molecule is O=C(c1ccc2c(c1)OCO2)N1CCN(S(=O)(=O)c2ccc(F)cc2F)CC1. The number of benzene rings is 2. The molecule has 0 aromatic heterocycles. The second-order valence-electron chi connectivity index (χ2n) is 6.34. The number of hydrogen-bond donors (Lipinski definition) is 0. The van der Waals surface area contributed by atoms with E-state index in [-0.39, 0.29) is 38.9 Å². The van der Waals surface area contributed by atoms with Gasteiger partial charge in [0.1, 0.15) is 16.5 Å². The monoisotopic (exact) mass is 410 g/mol. The highest BCUT2D eigenvalue weighted by Crippen LogP contribution is 2.33. The van der Waals surface area contributed by atoms with Crippen molar-refractivity contribution in [2.45, 2.75) is 4.90 Å². The van der Waals surface area contributed by atoms with E-state index in [1.54, 1.807) is 18.2 Å². The van der Waals surface area contributed by atoms with Crippen LogP contribution < -0.4 is 9.47 Å². The van der Waals surface area contributed by atoms with Crippen molar-refractivity contribution in [3.8, 4) is 11.5 Å². The fraction of sp³-hybridized carbons (Fsp3) is 0.278. The number of nitrogens with zero attached hydrogens (tertiary/aromatic N) is 2. The number of ether oxygens (including phenoxy) is 2. The maximum absolute atomic E-state index is 13.9. The number of carbonyl (C=O) groups is 1. The van der Waals surface area contributed by atoms with Crippen LogP contribution in [0, 0.1) is 11.6 Å². The Morgan fingerprint density at radius 1 is 0.929 bits per heavy atom. The summed E-state index contributed by atoms with van der Waals surface area (Å²) in [6, 6.07) is 7.19. The maximum atomic E-state index is 13.9. The predicted octanol–water partition coefficient (Wildman–Crippen LogP) is 1.84. The lowest BCUT2D eigenvalue weighted by Crippen LogP contribution is -2.50. The first kappa shape index (κ1) is 18.6. The second kappa shape index (κ2) is 7.02. The molecule has 2 aromatic carbocycles. The summed E-state index contributed by atoms with van der Waals surface area (Å²) < 4.78 is 63.8. The van der Waals surface area contributed by atoms with E-state index in [0.29, 0.717) is 23.1 Å². The van der Waals surface area contributed by atoms with E-state index >= 15 is 0 Å². The van der Waals surface area contributed by atoms with E-state index in [2.05, 4.69) is 0 Å². The van der Waals surface area contributed by atoms with Gasteiger partial charge in [0.05, 0.1) is 0 Å². The smallest absolute Gasteiger partial charge is 0.254 e. The molecule has 2 heterocycles. The van der Waals surface area contributed by atoms with E-state index in [1.807, 2.05) is 0 Å². The number of amides is 1. The molecule has 0 aliphatic carbocycles. The highest BCUT2D eigenvalue weighted by Gasteiger charge is 2.32. The summed E-state index contributed by atoms with van der Waals surface area (Å²) in [6.45, 7) is 0.416. The van der Waals surface area contributed by atoms with Crippen LogP contribution in [0.4, 0.5) is 8.78 Å². The molecule has 0 unspecified atom stereocenters. The number of piperazine rings is 1. The third kappa shape index (κ3) is 3.29. The lowest BCUT2D eigenvalue weighted by molar-refractivity contribution is 0.0697. The Bertz CT molecular complexity index is 1040. The number of rotatable bonds is 3. The molecule has 0 radical (unpaired) electrons. The molecule has 10 heteroatoms. The zero-order valence-corrected chi connectivity index (χ0v) is 15.4. The Morgan fingerprint density at radius 3 is 2.36 bits per heavy atom. The zero-order chi connectivity index (χ0) is 19.9. The molecule has 7 nitrogen and oxygen atoms in total. The highest BCUT2D eigenvalue weighted by atomic mass is 32.2. The summed E-state index contributed by atoms with van der Waals surface area (Å²) in [5, 5.41) is 0. The van der Waals surface area contributed by atoms with Gasteiger partial charge in [0, 0.05) is 37.8 Å². The molecule has 0 spiro atoms. The van der Waals surface area contributed by atoms with Gasteiger partial charge in [0.15, 0.2) is 11.5 Å². The second-order valence-corrected chi connectivity index (χ2v) is 8.25. The van der Waals surface area contributed by atoms with Crippen molar-refractivity contribution < 1.29 is 31.5 Å². The Hall–Kier alpha value is -2.72. The summed E-state index contributed by atoms with van der Waals surface area (Å²) in [6.07, 6.45) is 0. The third-order valence-corrected chi connectivity index (χ3v) is 6.59. The number of hydrogen-bond acceptors (Lipinski definition) is 5. The minimum atomic E-state index is -4.11. The quantitative estimate of drug-likeness (QED) is 0.772. The number of halogens is 2. The van der Waals surface area contributed by atoms with Gasteiger partial charge in [-0.05, 0) is 30.3 Å². The summed E-state index contributed by atoms with van der Waals surface area (Å²) in [5.74, 6) is -1.20. The number of carbonyl (C=O) groups excluding carboxylic acids is 1. The molecule has 2 aliphatic heterocycles. The van der Waals surface area contributed by atoms with Crippen LogP contribution in [-0.2, 0) is 10.0 Å². The average molecular weight is 410 g/mol. The van der Waals surface area contributed by atoms with E-state index in [0.717, 1.165) is 16.4 Å². The predicted molar refractivity (Wildman–Crippen MR) is 93.6 cm³/mol. The summed E-state index contributed by atoms with van der Waals surface area (Å²) >= 11 is 0. The molecule has 2 aliphatic rings. The van der Waals surface area contributed by atoms with Gasteiger partial charge in [0.25, 0.3) is 5.91 Å². The normalized spacial score (nSPS) is 17.0.